The molecule has 2 N–H and O–H groups in total. The first-order valence-electron chi connectivity index (χ1n) is 8.62. The predicted molar refractivity (Wildman–Crippen MR) is 96.0 cm³/mol. The van der Waals surface area contributed by atoms with Gasteiger partial charge in [0.25, 0.3) is 0 Å². The summed E-state index contributed by atoms with van der Waals surface area (Å²) < 4.78 is 11.0. The zero-order valence-corrected chi connectivity index (χ0v) is 15.6. The molecule has 0 spiro atoms. The van der Waals surface area contributed by atoms with Crippen LogP contribution in [-0.4, -0.2) is 46.6 Å². The van der Waals surface area contributed by atoms with Crippen molar-refractivity contribution in [1.82, 2.24) is 0 Å². The average molecular weight is 362 g/mol. The van der Waals surface area contributed by atoms with Crippen molar-refractivity contribution in [3.63, 3.8) is 0 Å². The summed E-state index contributed by atoms with van der Waals surface area (Å²) in [5.74, 6) is -1.70. The van der Waals surface area contributed by atoms with Crippen LogP contribution < -0.4 is 0 Å². The number of fused-ring (bicyclic) bond motifs is 1. The highest BCUT2D eigenvalue weighted by Crippen LogP contribution is 2.35. The highest BCUT2D eigenvalue weighted by molar-refractivity contribution is 5.92. The van der Waals surface area contributed by atoms with E-state index < -0.39 is 42.3 Å². The third kappa shape index (κ3) is 4.14. The van der Waals surface area contributed by atoms with E-state index in [0.29, 0.717) is 16.7 Å². The van der Waals surface area contributed by atoms with Crippen LogP contribution in [0.25, 0.3) is 0 Å². The Labute approximate surface area is 153 Å². The lowest BCUT2D eigenvalue weighted by atomic mass is 9.86. The van der Waals surface area contributed by atoms with E-state index in [1.54, 1.807) is 45.9 Å². The molecule has 0 radical (unpaired) electrons. The Bertz CT molecular complexity index is 699. The second kappa shape index (κ2) is 8.01. The standard InChI is InChI=1S/C20H26O6/c1-6-10(2)19(23)25-16-7-11(3)14(21)9-15(22)12(4)8-17-18(16)13(5)20(24)26-17/h6-8,14-18,21-22H,5,9H2,1-4H3/b10-6-,11-7-,12-8-/t14-,15-,16+,17+,18+/m0/s1. The minimum atomic E-state index is -0.903. The molecule has 1 aliphatic carbocycles. The van der Waals surface area contributed by atoms with Crippen LogP contribution in [0.15, 0.2) is 47.1 Å². The van der Waals surface area contributed by atoms with Gasteiger partial charge in [0.2, 0.25) is 0 Å². The number of aliphatic hydroxyl groups is 2. The summed E-state index contributed by atoms with van der Waals surface area (Å²) >= 11 is 0. The summed E-state index contributed by atoms with van der Waals surface area (Å²) in [4.78, 5) is 24.3. The molecule has 1 saturated heterocycles. The number of hydrogen-bond donors (Lipinski definition) is 2. The van der Waals surface area contributed by atoms with E-state index in [2.05, 4.69) is 6.58 Å². The van der Waals surface area contributed by atoms with Crippen molar-refractivity contribution in [3.8, 4) is 0 Å². The Kier molecular flexibility index (Phi) is 6.21. The zero-order valence-electron chi connectivity index (χ0n) is 15.6. The Morgan fingerprint density at radius 1 is 1.27 bits per heavy atom. The van der Waals surface area contributed by atoms with Gasteiger partial charge in [-0.05, 0) is 51.0 Å². The summed E-state index contributed by atoms with van der Waals surface area (Å²) in [6, 6.07) is 0. The maximum absolute atomic E-state index is 12.3. The van der Waals surface area contributed by atoms with E-state index in [0.717, 1.165) is 0 Å². The van der Waals surface area contributed by atoms with Crippen molar-refractivity contribution in [3.05, 3.63) is 47.1 Å². The predicted octanol–water partition coefficient (Wildman–Crippen LogP) is 1.98. The number of hydrogen-bond acceptors (Lipinski definition) is 6. The third-order valence-corrected chi connectivity index (χ3v) is 4.97. The summed E-state index contributed by atoms with van der Waals surface area (Å²) in [6.45, 7) is 10.6. The van der Waals surface area contributed by atoms with Gasteiger partial charge in [0, 0.05) is 17.6 Å². The first-order valence-corrected chi connectivity index (χ1v) is 8.62. The minimum absolute atomic E-state index is 0.103. The molecule has 0 amide bonds. The highest BCUT2D eigenvalue weighted by Gasteiger charge is 2.44. The largest absolute Gasteiger partial charge is 0.454 e. The van der Waals surface area contributed by atoms with E-state index in [4.69, 9.17) is 9.47 Å². The number of allylic oxidation sites excluding steroid dienone is 1. The highest BCUT2D eigenvalue weighted by atomic mass is 16.6. The smallest absolute Gasteiger partial charge is 0.334 e. The van der Waals surface area contributed by atoms with E-state index >= 15 is 0 Å². The zero-order chi connectivity index (χ0) is 19.6. The minimum Gasteiger partial charge on any atom is -0.454 e. The molecule has 26 heavy (non-hydrogen) atoms. The normalized spacial score (nSPS) is 37.0. The van der Waals surface area contributed by atoms with E-state index in [-0.39, 0.29) is 12.0 Å². The fraction of sp³-hybridized carbons (Fsp3) is 0.500. The Balaban J connectivity index is 2.50. The second-order valence-corrected chi connectivity index (χ2v) is 6.85. The van der Waals surface area contributed by atoms with Gasteiger partial charge < -0.3 is 19.7 Å². The number of carbonyl (C=O) groups excluding carboxylic acids is 2. The molecule has 142 valence electrons. The monoisotopic (exact) mass is 362 g/mol. The lowest BCUT2D eigenvalue weighted by Crippen LogP contribution is -2.34. The van der Waals surface area contributed by atoms with Crippen molar-refractivity contribution in [2.24, 2.45) is 5.92 Å². The number of aliphatic hydroxyl groups excluding tert-OH is 2. The molecule has 0 bridgehead atoms. The molecule has 0 aromatic rings. The van der Waals surface area contributed by atoms with Gasteiger partial charge in [-0.25, -0.2) is 9.59 Å². The Morgan fingerprint density at radius 3 is 2.42 bits per heavy atom. The lowest BCUT2D eigenvalue weighted by Gasteiger charge is -2.27. The molecule has 6 nitrogen and oxygen atoms in total. The maximum atomic E-state index is 12.3. The summed E-state index contributed by atoms with van der Waals surface area (Å²) in [6.07, 6.45) is 1.68. The lowest BCUT2D eigenvalue weighted by molar-refractivity contribution is -0.144. The Morgan fingerprint density at radius 2 is 1.85 bits per heavy atom. The SMILES string of the molecule is C=C1C(=O)O[C@@H]2/C=C(/C)[C@@H](O)C[C@H](O)/C(C)=C\[C@@H](OC(=O)/C(C)=C\C)[C@@H]12. The van der Waals surface area contributed by atoms with E-state index in [1.165, 1.54) is 0 Å². The van der Waals surface area contributed by atoms with Crippen LogP contribution in [0.1, 0.15) is 34.1 Å². The molecule has 1 heterocycles. The quantitative estimate of drug-likeness (QED) is 0.443. The van der Waals surface area contributed by atoms with Crippen LogP contribution in [0.3, 0.4) is 0 Å². The molecule has 0 saturated carbocycles. The topological polar surface area (TPSA) is 93.1 Å². The Hall–Kier alpha value is -2.18. The molecule has 1 aliphatic heterocycles. The van der Waals surface area contributed by atoms with Crippen LogP contribution in [0.5, 0.6) is 0 Å². The molecule has 1 fully saturated rings. The van der Waals surface area contributed by atoms with E-state index in [1.807, 2.05) is 0 Å². The van der Waals surface area contributed by atoms with Gasteiger partial charge in [-0.2, -0.15) is 0 Å². The molecule has 0 aromatic heterocycles. The molecular weight excluding hydrogens is 336 g/mol. The van der Waals surface area contributed by atoms with Gasteiger partial charge in [-0.3, -0.25) is 0 Å². The van der Waals surface area contributed by atoms with Crippen molar-refractivity contribution in [1.29, 1.82) is 0 Å². The van der Waals surface area contributed by atoms with Crippen molar-refractivity contribution >= 4 is 11.9 Å². The van der Waals surface area contributed by atoms with E-state index in [9.17, 15) is 19.8 Å². The van der Waals surface area contributed by atoms with Crippen LogP contribution in [0, 0.1) is 5.92 Å². The first kappa shape index (κ1) is 20.1. The number of ether oxygens (including phenoxy) is 2. The summed E-state index contributed by atoms with van der Waals surface area (Å²) in [7, 11) is 0. The van der Waals surface area contributed by atoms with Crippen molar-refractivity contribution < 1.29 is 29.3 Å². The molecule has 0 aromatic carbocycles. The van der Waals surface area contributed by atoms with Gasteiger partial charge in [0.05, 0.1) is 18.1 Å². The van der Waals surface area contributed by atoms with Gasteiger partial charge in [0.15, 0.2) is 0 Å². The third-order valence-electron chi connectivity index (χ3n) is 4.97. The summed E-state index contributed by atoms with van der Waals surface area (Å²) in [5, 5.41) is 20.6. The van der Waals surface area contributed by atoms with Gasteiger partial charge in [0.1, 0.15) is 12.2 Å². The number of rotatable bonds is 2. The molecule has 2 aliphatic rings. The number of esters is 2. The van der Waals surface area contributed by atoms with Crippen molar-refractivity contribution in [2.75, 3.05) is 0 Å². The van der Waals surface area contributed by atoms with Crippen LogP contribution >= 0.6 is 0 Å². The molecule has 6 heteroatoms. The second-order valence-electron chi connectivity index (χ2n) is 6.85. The number of carbonyl (C=O) groups is 2. The van der Waals surface area contributed by atoms with Crippen LogP contribution in [-0.2, 0) is 19.1 Å². The fourth-order valence-corrected chi connectivity index (χ4v) is 3.00. The maximum Gasteiger partial charge on any atom is 0.334 e. The van der Waals surface area contributed by atoms with Gasteiger partial charge >= 0.3 is 11.9 Å². The first-order chi connectivity index (χ1) is 12.1. The summed E-state index contributed by atoms with van der Waals surface area (Å²) in [5.41, 5.74) is 1.75. The van der Waals surface area contributed by atoms with Gasteiger partial charge in [-0.15, -0.1) is 0 Å². The van der Waals surface area contributed by atoms with Crippen LogP contribution in [0.2, 0.25) is 0 Å². The molecule has 2 rings (SSSR count). The van der Waals surface area contributed by atoms with Gasteiger partial charge in [-0.1, -0.05) is 12.7 Å². The average Bonchev–Trinajstić information content (AvgIpc) is 2.86. The molecular formula is C20H26O6. The van der Waals surface area contributed by atoms with Crippen LogP contribution in [0.4, 0.5) is 0 Å². The van der Waals surface area contributed by atoms with Crippen molar-refractivity contribution in [2.45, 2.75) is 58.5 Å². The molecule has 0 unspecified atom stereocenters. The fourth-order valence-electron chi connectivity index (χ4n) is 3.00. The molecule has 5 atom stereocenters.